The third kappa shape index (κ3) is 3.93. The van der Waals surface area contributed by atoms with Crippen LogP contribution in [0.25, 0.3) is 0 Å². The Hall–Kier alpha value is -1.61. The van der Waals surface area contributed by atoms with Crippen LogP contribution >= 0.6 is 0 Å². The molecule has 1 fully saturated rings. The molecule has 9 heteroatoms. The van der Waals surface area contributed by atoms with Gasteiger partial charge in [-0.1, -0.05) is 0 Å². The van der Waals surface area contributed by atoms with Gasteiger partial charge in [-0.15, -0.1) is 0 Å². The molecular formula is C10H14F3N3O3. The van der Waals surface area contributed by atoms with E-state index >= 15 is 0 Å². The first-order valence-corrected chi connectivity index (χ1v) is 5.40. The van der Waals surface area contributed by atoms with E-state index in [0.717, 1.165) is 0 Å². The maximum Gasteiger partial charge on any atom is 0.351 e. The van der Waals surface area contributed by atoms with Crippen molar-refractivity contribution in [1.82, 2.24) is 9.55 Å². The largest absolute Gasteiger partial charge is 0.394 e. The van der Waals surface area contributed by atoms with Crippen LogP contribution in [0.3, 0.4) is 0 Å². The van der Waals surface area contributed by atoms with Gasteiger partial charge in [-0.3, -0.25) is 4.57 Å². The predicted molar refractivity (Wildman–Crippen MR) is 60.5 cm³/mol. The minimum absolute atomic E-state index is 0.0245. The number of nitrogen functional groups attached to an aromatic ring is 1. The van der Waals surface area contributed by atoms with E-state index in [4.69, 9.17) is 15.6 Å². The van der Waals surface area contributed by atoms with Crippen LogP contribution in [0.1, 0.15) is 12.6 Å². The fourth-order valence-electron chi connectivity index (χ4n) is 1.67. The summed E-state index contributed by atoms with van der Waals surface area (Å²) in [5.74, 6) is 0.106. The summed E-state index contributed by atoms with van der Waals surface area (Å²) in [4.78, 5) is 14.9. The van der Waals surface area contributed by atoms with Gasteiger partial charge in [0.1, 0.15) is 24.3 Å². The first-order chi connectivity index (χ1) is 9.03. The first kappa shape index (κ1) is 15.4. The second kappa shape index (κ2) is 7.10. The van der Waals surface area contributed by atoms with Gasteiger partial charge in [-0.2, -0.15) is 4.98 Å². The lowest BCUT2D eigenvalue weighted by Crippen LogP contribution is -2.27. The van der Waals surface area contributed by atoms with Crippen molar-refractivity contribution in [2.75, 3.05) is 19.3 Å². The molecule has 2 heterocycles. The first-order valence-electron chi connectivity index (χ1n) is 5.40. The molecule has 1 saturated heterocycles. The van der Waals surface area contributed by atoms with Crippen LogP contribution in [-0.2, 0) is 4.74 Å². The van der Waals surface area contributed by atoms with Gasteiger partial charge in [0, 0.05) is 12.6 Å². The predicted octanol–water partition coefficient (Wildman–Crippen LogP) is 0.326. The Morgan fingerprint density at radius 2 is 2.21 bits per heavy atom. The van der Waals surface area contributed by atoms with Crippen molar-refractivity contribution in [3.05, 3.63) is 22.7 Å². The molecule has 0 saturated carbocycles. The summed E-state index contributed by atoms with van der Waals surface area (Å²) in [7, 11) is 0. The highest BCUT2D eigenvalue weighted by Gasteiger charge is 2.36. The molecule has 0 aliphatic carbocycles. The molecule has 1 aromatic heterocycles. The molecule has 6 nitrogen and oxygen atoms in total. The fraction of sp³-hybridized carbons (Fsp3) is 0.600. The van der Waals surface area contributed by atoms with Gasteiger partial charge in [0.15, 0.2) is 0 Å². The molecule has 0 bridgehead atoms. The number of nitrogens with zero attached hydrogens (tertiary/aromatic N) is 2. The van der Waals surface area contributed by atoms with Crippen LogP contribution in [0, 0.1) is 0 Å². The molecule has 2 rings (SSSR count). The summed E-state index contributed by atoms with van der Waals surface area (Å²) < 4.78 is 38.9. The number of rotatable bonds is 2. The number of halogens is 3. The summed E-state index contributed by atoms with van der Waals surface area (Å²) in [6, 6.07) is 1.43. The number of hydrogen-bond donors (Lipinski definition) is 2. The van der Waals surface area contributed by atoms with Crippen molar-refractivity contribution in [2.45, 2.75) is 24.9 Å². The van der Waals surface area contributed by atoms with E-state index in [-0.39, 0.29) is 12.2 Å². The SMILES string of the molecule is FCF.Nc1ccn(C2CC(F)C(CO)O2)c(=O)n1. The zero-order chi connectivity index (χ0) is 14.4. The Balaban J connectivity index is 0.000000550. The summed E-state index contributed by atoms with van der Waals surface area (Å²) in [5, 5.41) is 8.83. The number of aliphatic hydroxyl groups excluding tert-OH is 1. The van der Waals surface area contributed by atoms with Gasteiger partial charge in [-0.25, -0.2) is 18.0 Å². The molecule has 1 aliphatic heterocycles. The molecule has 0 aromatic carbocycles. The summed E-state index contributed by atoms with van der Waals surface area (Å²) in [6.07, 6.45) is -1.46. The number of hydrogen-bond acceptors (Lipinski definition) is 5. The Morgan fingerprint density at radius 1 is 1.58 bits per heavy atom. The highest BCUT2D eigenvalue weighted by atomic mass is 19.3. The van der Waals surface area contributed by atoms with Gasteiger partial charge >= 0.3 is 5.69 Å². The van der Waals surface area contributed by atoms with Crippen LogP contribution in [0.5, 0.6) is 0 Å². The summed E-state index contributed by atoms with van der Waals surface area (Å²) in [6.45, 7) is -2.16. The molecule has 19 heavy (non-hydrogen) atoms. The summed E-state index contributed by atoms with van der Waals surface area (Å²) in [5.41, 5.74) is 4.74. The lowest BCUT2D eigenvalue weighted by molar-refractivity contribution is -0.0355. The van der Waals surface area contributed by atoms with E-state index in [1.807, 2.05) is 0 Å². The smallest absolute Gasteiger partial charge is 0.351 e. The zero-order valence-corrected chi connectivity index (χ0v) is 9.88. The normalized spacial score (nSPS) is 25.8. The number of alkyl halides is 3. The third-order valence-corrected chi connectivity index (χ3v) is 2.50. The molecular weight excluding hydrogens is 267 g/mol. The van der Waals surface area contributed by atoms with E-state index in [0.29, 0.717) is 0 Å². The van der Waals surface area contributed by atoms with Crippen LogP contribution in [0.15, 0.2) is 17.1 Å². The number of aromatic nitrogens is 2. The maximum absolute atomic E-state index is 13.3. The molecule has 3 atom stereocenters. The Bertz CT molecular complexity index is 457. The molecule has 1 aromatic rings. The van der Waals surface area contributed by atoms with Crippen molar-refractivity contribution >= 4 is 5.82 Å². The van der Waals surface area contributed by atoms with E-state index in [1.165, 1.54) is 16.8 Å². The van der Waals surface area contributed by atoms with E-state index in [2.05, 4.69) is 4.98 Å². The lowest BCUT2D eigenvalue weighted by atomic mass is 10.2. The zero-order valence-electron chi connectivity index (χ0n) is 9.88. The van der Waals surface area contributed by atoms with E-state index in [9.17, 15) is 18.0 Å². The van der Waals surface area contributed by atoms with E-state index < -0.39 is 37.7 Å². The fourth-order valence-corrected chi connectivity index (χ4v) is 1.67. The molecule has 0 amide bonds. The van der Waals surface area contributed by atoms with Crippen molar-refractivity contribution < 1.29 is 23.0 Å². The van der Waals surface area contributed by atoms with Crippen LogP contribution in [0.2, 0.25) is 0 Å². The van der Waals surface area contributed by atoms with Gasteiger partial charge in [0.05, 0.1) is 6.61 Å². The topological polar surface area (TPSA) is 90.4 Å². The molecule has 0 radical (unpaired) electrons. The third-order valence-electron chi connectivity index (χ3n) is 2.50. The highest BCUT2D eigenvalue weighted by Crippen LogP contribution is 2.29. The number of anilines is 1. The Morgan fingerprint density at radius 3 is 2.68 bits per heavy atom. The molecule has 3 unspecified atom stereocenters. The van der Waals surface area contributed by atoms with Gasteiger partial charge < -0.3 is 15.6 Å². The number of nitrogens with two attached hydrogens (primary N) is 1. The number of aliphatic hydroxyl groups is 1. The van der Waals surface area contributed by atoms with Crippen molar-refractivity contribution in [3.63, 3.8) is 0 Å². The van der Waals surface area contributed by atoms with Crippen LogP contribution in [-0.4, -0.2) is 40.5 Å². The number of ether oxygens (including phenoxy) is 1. The van der Waals surface area contributed by atoms with Gasteiger partial charge in [0.2, 0.25) is 6.93 Å². The average molecular weight is 281 g/mol. The second-order valence-electron chi connectivity index (χ2n) is 3.71. The lowest BCUT2D eigenvalue weighted by Gasteiger charge is -2.13. The van der Waals surface area contributed by atoms with Crippen molar-refractivity contribution in [3.8, 4) is 0 Å². The average Bonchev–Trinajstić information content (AvgIpc) is 2.71. The standard InChI is InChI=1S/C9H12FN3O3.CH2F2/c10-5-3-8(16-6(5)4-14)13-2-1-7(11)12-9(13)15;2-1-3/h1-2,5-6,8,14H,3-4H2,(H2,11,12,15);1H2. The molecule has 1 aliphatic rings. The quantitative estimate of drug-likeness (QED) is 0.815. The van der Waals surface area contributed by atoms with Crippen molar-refractivity contribution in [2.24, 2.45) is 0 Å². The van der Waals surface area contributed by atoms with Crippen molar-refractivity contribution in [1.29, 1.82) is 0 Å². The monoisotopic (exact) mass is 281 g/mol. The Kier molecular flexibility index (Phi) is 5.77. The van der Waals surface area contributed by atoms with Crippen LogP contribution in [0.4, 0.5) is 19.0 Å². The minimum atomic E-state index is -1.75. The van der Waals surface area contributed by atoms with Gasteiger partial charge in [0.25, 0.3) is 0 Å². The molecule has 3 N–H and O–H groups in total. The van der Waals surface area contributed by atoms with Crippen LogP contribution < -0.4 is 11.4 Å². The highest BCUT2D eigenvalue weighted by molar-refractivity contribution is 5.23. The van der Waals surface area contributed by atoms with E-state index in [1.54, 1.807) is 0 Å². The second-order valence-corrected chi connectivity index (χ2v) is 3.71. The summed E-state index contributed by atoms with van der Waals surface area (Å²) >= 11 is 0. The molecule has 108 valence electrons. The molecule has 0 spiro atoms. The minimum Gasteiger partial charge on any atom is -0.394 e. The maximum atomic E-state index is 13.3. The van der Waals surface area contributed by atoms with Gasteiger partial charge in [-0.05, 0) is 6.07 Å². The Labute approximate surface area is 106 Å².